The molecule has 0 saturated carbocycles. The van der Waals surface area contributed by atoms with Crippen LogP contribution in [0.4, 0.5) is 13.2 Å². The van der Waals surface area contributed by atoms with E-state index in [4.69, 9.17) is 21.1 Å². The summed E-state index contributed by atoms with van der Waals surface area (Å²) >= 11 is 6.08. The Morgan fingerprint density at radius 2 is 1.84 bits per heavy atom. The summed E-state index contributed by atoms with van der Waals surface area (Å²) < 4.78 is 52.0. The number of aromatic nitrogens is 3. The summed E-state index contributed by atoms with van der Waals surface area (Å²) in [5, 5.41) is 3.93. The molecule has 9 heteroatoms. The molecule has 130 valence electrons. The number of ether oxygens (including phenoxy) is 2. The Balaban J connectivity index is 1.94. The van der Waals surface area contributed by atoms with Gasteiger partial charge in [0.2, 0.25) is 0 Å². The van der Waals surface area contributed by atoms with Crippen molar-refractivity contribution in [2.45, 2.75) is 13.1 Å². The van der Waals surface area contributed by atoms with Crippen LogP contribution in [0.15, 0.2) is 24.3 Å². The first-order valence-corrected chi connectivity index (χ1v) is 7.75. The molecule has 1 aromatic carbocycles. The van der Waals surface area contributed by atoms with E-state index in [0.29, 0.717) is 30.3 Å². The van der Waals surface area contributed by atoms with Crippen LogP contribution in [0.25, 0.3) is 16.9 Å². The molecule has 0 atom stereocenters. The van der Waals surface area contributed by atoms with E-state index in [-0.39, 0.29) is 22.1 Å². The molecule has 0 amide bonds. The fourth-order valence-corrected chi connectivity index (χ4v) is 2.81. The van der Waals surface area contributed by atoms with Crippen LogP contribution in [0.3, 0.4) is 0 Å². The first-order chi connectivity index (χ1) is 11.8. The molecule has 0 aliphatic carbocycles. The number of hydrogen-bond donors (Lipinski definition) is 0. The van der Waals surface area contributed by atoms with E-state index in [1.54, 1.807) is 18.2 Å². The highest BCUT2D eigenvalue weighted by atomic mass is 35.5. The Morgan fingerprint density at radius 3 is 2.56 bits per heavy atom. The largest absolute Gasteiger partial charge is 0.486 e. The fraction of sp³-hybridized carbons (Fsp3) is 0.250. The molecule has 0 unspecified atom stereocenters. The lowest BCUT2D eigenvalue weighted by Crippen LogP contribution is -2.15. The van der Waals surface area contributed by atoms with E-state index in [1.165, 1.54) is 6.92 Å². The first kappa shape index (κ1) is 16.0. The van der Waals surface area contributed by atoms with Gasteiger partial charge in [-0.3, -0.25) is 0 Å². The lowest BCUT2D eigenvalue weighted by molar-refractivity contribution is -0.142. The number of rotatable bonds is 1. The van der Waals surface area contributed by atoms with E-state index in [0.717, 1.165) is 10.6 Å². The lowest BCUT2D eigenvalue weighted by Gasteiger charge is -2.19. The Hall–Kier alpha value is -2.48. The predicted molar refractivity (Wildman–Crippen MR) is 84.2 cm³/mol. The molecule has 2 aromatic heterocycles. The molecule has 0 fully saturated rings. The van der Waals surface area contributed by atoms with Gasteiger partial charge < -0.3 is 9.47 Å². The minimum Gasteiger partial charge on any atom is -0.486 e. The van der Waals surface area contributed by atoms with E-state index in [9.17, 15) is 13.2 Å². The van der Waals surface area contributed by atoms with Gasteiger partial charge in [0.25, 0.3) is 0 Å². The summed E-state index contributed by atoms with van der Waals surface area (Å²) in [6.07, 6.45) is -4.61. The minimum absolute atomic E-state index is 0.0427. The van der Waals surface area contributed by atoms with Crippen molar-refractivity contribution in [1.82, 2.24) is 14.6 Å². The van der Waals surface area contributed by atoms with Gasteiger partial charge in [-0.1, -0.05) is 11.6 Å². The van der Waals surface area contributed by atoms with Crippen LogP contribution in [0.1, 0.15) is 11.4 Å². The Kier molecular flexibility index (Phi) is 3.54. The lowest BCUT2D eigenvalue weighted by atomic mass is 10.1. The highest BCUT2D eigenvalue weighted by Gasteiger charge is 2.36. The van der Waals surface area contributed by atoms with Crippen molar-refractivity contribution in [3.8, 4) is 22.8 Å². The Labute approximate surface area is 144 Å². The van der Waals surface area contributed by atoms with Gasteiger partial charge in [0, 0.05) is 5.56 Å². The van der Waals surface area contributed by atoms with Crippen LogP contribution in [0.2, 0.25) is 5.02 Å². The normalized spacial score (nSPS) is 14.1. The molecule has 1 aliphatic heterocycles. The number of hydrogen-bond acceptors (Lipinski definition) is 4. The van der Waals surface area contributed by atoms with Crippen molar-refractivity contribution in [2.75, 3.05) is 13.2 Å². The van der Waals surface area contributed by atoms with Crippen molar-refractivity contribution in [3.05, 3.63) is 40.7 Å². The quantitative estimate of drug-likeness (QED) is 0.646. The van der Waals surface area contributed by atoms with E-state index in [1.807, 2.05) is 0 Å². The Morgan fingerprint density at radius 1 is 1.12 bits per heavy atom. The minimum atomic E-state index is -4.61. The van der Waals surface area contributed by atoms with Gasteiger partial charge in [-0.05, 0) is 31.2 Å². The molecular formula is C16H11ClF3N3O2. The van der Waals surface area contributed by atoms with E-state index >= 15 is 0 Å². The second kappa shape index (κ2) is 5.52. The smallest absolute Gasteiger partial charge is 0.433 e. The van der Waals surface area contributed by atoms with Crippen molar-refractivity contribution < 1.29 is 22.6 Å². The maximum Gasteiger partial charge on any atom is 0.433 e. The Bertz CT molecular complexity index is 985. The van der Waals surface area contributed by atoms with Crippen LogP contribution in [-0.4, -0.2) is 27.8 Å². The van der Waals surface area contributed by atoms with Crippen molar-refractivity contribution >= 4 is 17.2 Å². The molecule has 0 bridgehead atoms. The molecule has 3 aromatic rings. The molecule has 1 aliphatic rings. The number of benzene rings is 1. The number of nitrogens with zero attached hydrogens (tertiary/aromatic N) is 3. The van der Waals surface area contributed by atoms with Crippen LogP contribution in [0, 0.1) is 6.92 Å². The predicted octanol–water partition coefficient (Wildman–Crippen LogP) is 4.15. The first-order valence-electron chi connectivity index (χ1n) is 7.37. The maximum atomic E-state index is 13.5. The second-order valence-electron chi connectivity index (χ2n) is 5.52. The van der Waals surface area contributed by atoms with Gasteiger partial charge in [0.1, 0.15) is 18.2 Å². The molecule has 25 heavy (non-hydrogen) atoms. The maximum absolute atomic E-state index is 13.5. The molecular weight excluding hydrogens is 359 g/mol. The monoisotopic (exact) mass is 369 g/mol. The average molecular weight is 370 g/mol. The van der Waals surface area contributed by atoms with Gasteiger partial charge in [-0.15, -0.1) is 0 Å². The summed E-state index contributed by atoms with van der Waals surface area (Å²) in [7, 11) is 0. The van der Waals surface area contributed by atoms with Gasteiger partial charge in [-0.2, -0.15) is 18.3 Å². The summed E-state index contributed by atoms with van der Waals surface area (Å²) in [4.78, 5) is 4.26. The zero-order valence-electron chi connectivity index (χ0n) is 12.9. The fourth-order valence-electron chi connectivity index (χ4n) is 2.65. The zero-order chi connectivity index (χ0) is 17.8. The van der Waals surface area contributed by atoms with Crippen LogP contribution < -0.4 is 9.47 Å². The number of fused-ring (bicyclic) bond motifs is 2. The van der Waals surface area contributed by atoms with E-state index in [2.05, 4.69) is 10.1 Å². The van der Waals surface area contributed by atoms with Gasteiger partial charge >= 0.3 is 6.18 Å². The topological polar surface area (TPSA) is 48.7 Å². The molecule has 0 N–H and O–H groups in total. The van der Waals surface area contributed by atoms with E-state index < -0.39 is 11.9 Å². The third kappa shape index (κ3) is 2.66. The molecule has 4 rings (SSSR count). The molecule has 0 saturated heterocycles. The molecule has 5 nitrogen and oxygen atoms in total. The average Bonchev–Trinajstić information content (AvgIpc) is 2.87. The summed E-state index contributed by atoms with van der Waals surface area (Å²) in [5.74, 6) is 1.01. The highest BCUT2D eigenvalue weighted by molar-refractivity contribution is 6.34. The second-order valence-corrected chi connectivity index (χ2v) is 5.90. The highest BCUT2D eigenvalue weighted by Crippen LogP contribution is 2.37. The standard InChI is InChI=1S/C16H11ClF3N3O2/c1-8-14(17)15-21-10(7-13(16(18,19)20)23(15)22-8)9-2-3-11-12(6-9)25-5-4-24-11/h2-3,6-7H,4-5H2,1H3. The van der Waals surface area contributed by atoms with Gasteiger partial charge in [-0.25, -0.2) is 9.50 Å². The van der Waals surface area contributed by atoms with Crippen molar-refractivity contribution in [1.29, 1.82) is 0 Å². The molecule has 0 spiro atoms. The van der Waals surface area contributed by atoms with Crippen LogP contribution in [-0.2, 0) is 6.18 Å². The summed E-state index contributed by atoms with van der Waals surface area (Å²) in [5.41, 5.74) is -0.124. The molecule has 3 heterocycles. The van der Waals surface area contributed by atoms with Crippen molar-refractivity contribution in [3.63, 3.8) is 0 Å². The van der Waals surface area contributed by atoms with Crippen molar-refractivity contribution in [2.24, 2.45) is 0 Å². The summed E-state index contributed by atoms with van der Waals surface area (Å²) in [6.45, 7) is 2.34. The van der Waals surface area contributed by atoms with Crippen LogP contribution in [0.5, 0.6) is 11.5 Å². The summed E-state index contributed by atoms with van der Waals surface area (Å²) in [6, 6.07) is 5.82. The number of halogens is 4. The number of alkyl halides is 3. The SMILES string of the molecule is Cc1nn2c(C(F)(F)F)cc(-c3ccc4c(c3)OCCO4)nc2c1Cl. The molecule has 0 radical (unpaired) electrons. The van der Waals surface area contributed by atoms with Gasteiger partial charge in [0.05, 0.1) is 11.4 Å². The zero-order valence-corrected chi connectivity index (χ0v) is 13.6. The third-order valence-electron chi connectivity index (χ3n) is 3.82. The van der Waals surface area contributed by atoms with Gasteiger partial charge in [0.15, 0.2) is 22.8 Å². The third-order valence-corrected chi connectivity index (χ3v) is 4.26. The van der Waals surface area contributed by atoms with Crippen LogP contribution >= 0.6 is 11.6 Å². The number of aryl methyl sites for hydroxylation is 1.